The minimum absolute atomic E-state index is 0.0367. The van der Waals surface area contributed by atoms with Crippen molar-refractivity contribution < 1.29 is 14.3 Å². The van der Waals surface area contributed by atoms with Crippen LogP contribution in [-0.2, 0) is 12.8 Å². The Morgan fingerprint density at radius 2 is 2.29 bits per heavy atom. The average molecular weight is 287 g/mol. The van der Waals surface area contributed by atoms with E-state index in [4.69, 9.17) is 9.15 Å². The number of nitrogens with one attached hydrogen (secondary N) is 1. The second-order valence-corrected chi connectivity index (χ2v) is 5.49. The van der Waals surface area contributed by atoms with Crippen molar-refractivity contribution in [2.75, 3.05) is 13.7 Å². The molecule has 0 bridgehead atoms. The van der Waals surface area contributed by atoms with Crippen LogP contribution in [0.25, 0.3) is 0 Å². The summed E-state index contributed by atoms with van der Waals surface area (Å²) < 4.78 is 10.7. The third kappa shape index (κ3) is 3.12. The molecule has 2 atom stereocenters. The Bertz CT molecular complexity index is 580. The molecule has 0 aliphatic heterocycles. The Hall–Kier alpha value is -1.78. The van der Waals surface area contributed by atoms with Crippen LogP contribution in [0.3, 0.4) is 0 Å². The van der Waals surface area contributed by atoms with Crippen LogP contribution in [0, 0.1) is 0 Å². The maximum absolute atomic E-state index is 9.56. The molecule has 21 heavy (non-hydrogen) atoms. The molecular weight excluding hydrogens is 266 g/mol. The van der Waals surface area contributed by atoms with Gasteiger partial charge >= 0.3 is 0 Å². The molecule has 0 spiro atoms. The largest absolute Gasteiger partial charge is 0.497 e. The molecule has 0 saturated heterocycles. The van der Waals surface area contributed by atoms with Gasteiger partial charge in [0, 0.05) is 6.04 Å². The van der Waals surface area contributed by atoms with Gasteiger partial charge in [-0.05, 0) is 54.7 Å². The fourth-order valence-corrected chi connectivity index (χ4v) is 3.00. The van der Waals surface area contributed by atoms with Gasteiger partial charge in [0.2, 0.25) is 0 Å². The highest BCUT2D eigenvalue weighted by molar-refractivity contribution is 5.38. The summed E-state index contributed by atoms with van der Waals surface area (Å²) >= 11 is 0. The molecule has 4 heteroatoms. The lowest BCUT2D eigenvalue weighted by molar-refractivity contribution is 0.210. The molecule has 0 radical (unpaired) electrons. The third-order valence-electron chi connectivity index (χ3n) is 4.15. The fourth-order valence-electron chi connectivity index (χ4n) is 3.00. The van der Waals surface area contributed by atoms with E-state index in [1.807, 2.05) is 18.2 Å². The van der Waals surface area contributed by atoms with Gasteiger partial charge < -0.3 is 19.6 Å². The Morgan fingerprint density at radius 3 is 3.00 bits per heavy atom. The smallest absolute Gasteiger partial charge is 0.123 e. The quantitative estimate of drug-likeness (QED) is 0.887. The lowest BCUT2D eigenvalue weighted by Crippen LogP contribution is -2.38. The summed E-state index contributed by atoms with van der Waals surface area (Å²) in [6.07, 6.45) is 4.70. The monoisotopic (exact) mass is 287 g/mol. The average Bonchev–Trinajstić information content (AvgIpc) is 3.06. The summed E-state index contributed by atoms with van der Waals surface area (Å²) in [5, 5.41) is 13.1. The zero-order valence-electron chi connectivity index (χ0n) is 12.2. The molecule has 3 rings (SSSR count). The van der Waals surface area contributed by atoms with Crippen molar-refractivity contribution in [1.82, 2.24) is 5.32 Å². The van der Waals surface area contributed by atoms with E-state index >= 15 is 0 Å². The molecule has 0 unspecified atom stereocenters. The lowest BCUT2D eigenvalue weighted by Gasteiger charge is -2.28. The van der Waals surface area contributed by atoms with Crippen LogP contribution in [-0.4, -0.2) is 24.9 Å². The first-order valence-corrected chi connectivity index (χ1v) is 7.36. The molecular formula is C17H21NO3. The molecule has 2 N–H and O–H groups in total. The van der Waals surface area contributed by atoms with Gasteiger partial charge in [0.15, 0.2) is 0 Å². The van der Waals surface area contributed by atoms with Crippen molar-refractivity contribution in [3.8, 4) is 5.75 Å². The van der Waals surface area contributed by atoms with Crippen LogP contribution in [0.2, 0.25) is 0 Å². The molecule has 1 aromatic carbocycles. The molecule has 1 aliphatic rings. The van der Waals surface area contributed by atoms with Crippen LogP contribution in [0.4, 0.5) is 0 Å². The van der Waals surface area contributed by atoms with Gasteiger partial charge in [0.1, 0.15) is 11.5 Å². The first-order chi connectivity index (χ1) is 10.3. The summed E-state index contributed by atoms with van der Waals surface area (Å²) in [7, 11) is 1.69. The number of hydrogen-bond acceptors (Lipinski definition) is 4. The summed E-state index contributed by atoms with van der Waals surface area (Å²) in [6, 6.07) is 10.2. The Balaban J connectivity index is 1.70. The third-order valence-corrected chi connectivity index (χ3v) is 4.15. The molecule has 0 saturated carbocycles. The number of fused-ring (bicyclic) bond motifs is 1. The topological polar surface area (TPSA) is 54.6 Å². The Morgan fingerprint density at radius 1 is 1.38 bits per heavy atom. The van der Waals surface area contributed by atoms with Crippen LogP contribution in [0.1, 0.15) is 29.3 Å². The van der Waals surface area contributed by atoms with E-state index < -0.39 is 0 Å². The molecule has 1 heterocycles. The number of ether oxygens (including phenoxy) is 1. The minimum Gasteiger partial charge on any atom is -0.497 e. The van der Waals surface area contributed by atoms with Crippen LogP contribution >= 0.6 is 0 Å². The number of aliphatic hydroxyl groups excluding tert-OH is 1. The highest BCUT2D eigenvalue weighted by Gasteiger charge is 2.23. The number of aryl methyl sites for hydroxylation is 1. The molecule has 0 amide bonds. The van der Waals surface area contributed by atoms with Gasteiger partial charge in [-0.15, -0.1) is 0 Å². The van der Waals surface area contributed by atoms with E-state index in [0.29, 0.717) is 6.04 Å². The molecule has 4 nitrogen and oxygen atoms in total. The van der Waals surface area contributed by atoms with Gasteiger partial charge in [0.05, 0.1) is 26.0 Å². The van der Waals surface area contributed by atoms with Gasteiger partial charge in [-0.3, -0.25) is 0 Å². The standard InChI is InChI=1S/C17H21NO3/c1-20-15-7-5-12-4-6-14(9-13(12)10-15)18-16(11-19)17-3-2-8-21-17/h2-3,5,7-8,10,14,16,18-19H,4,6,9,11H2,1H3/t14-,16-/m0/s1. The normalized spacial score (nSPS) is 19.0. The molecule has 0 fully saturated rings. The summed E-state index contributed by atoms with van der Waals surface area (Å²) in [6.45, 7) is 0.0367. The zero-order chi connectivity index (χ0) is 14.7. The SMILES string of the molecule is COc1ccc2c(c1)C[C@@H](N[C@@H](CO)c1ccco1)CC2. The molecule has 1 aliphatic carbocycles. The number of benzene rings is 1. The van der Waals surface area contributed by atoms with Gasteiger partial charge in [-0.2, -0.15) is 0 Å². The first kappa shape index (κ1) is 14.2. The second kappa shape index (κ2) is 6.33. The first-order valence-electron chi connectivity index (χ1n) is 7.36. The molecule has 2 aromatic rings. The fraction of sp³-hybridized carbons (Fsp3) is 0.412. The maximum atomic E-state index is 9.56. The molecule has 112 valence electrons. The summed E-state index contributed by atoms with van der Waals surface area (Å²) in [5.41, 5.74) is 2.72. The van der Waals surface area contributed by atoms with Crippen molar-refractivity contribution in [2.24, 2.45) is 0 Å². The van der Waals surface area contributed by atoms with Gasteiger partial charge in [0.25, 0.3) is 0 Å². The highest BCUT2D eigenvalue weighted by atomic mass is 16.5. The minimum atomic E-state index is -0.142. The number of hydrogen-bond donors (Lipinski definition) is 2. The summed E-state index contributed by atoms with van der Waals surface area (Å²) in [4.78, 5) is 0. The van der Waals surface area contributed by atoms with Gasteiger partial charge in [-0.1, -0.05) is 6.07 Å². The van der Waals surface area contributed by atoms with Crippen LogP contribution < -0.4 is 10.1 Å². The van der Waals surface area contributed by atoms with Crippen molar-refractivity contribution in [2.45, 2.75) is 31.3 Å². The summed E-state index contributed by atoms with van der Waals surface area (Å²) in [5.74, 6) is 1.69. The highest BCUT2D eigenvalue weighted by Crippen LogP contribution is 2.27. The second-order valence-electron chi connectivity index (χ2n) is 5.49. The molecule has 1 aromatic heterocycles. The van der Waals surface area contributed by atoms with E-state index in [-0.39, 0.29) is 12.6 Å². The van der Waals surface area contributed by atoms with Crippen LogP contribution in [0.15, 0.2) is 41.0 Å². The zero-order valence-corrected chi connectivity index (χ0v) is 12.2. The predicted molar refractivity (Wildman–Crippen MR) is 80.5 cm³/mol. The van der Waals surface area contributed by atoms with E-state index in [2.05, 4.69) is 17.4 Å². The van der Waals surface area contributed by atoms with E-state index in [0.717, 1.165) is 30.8 Å². The van der Waals surface area contributed by atoms with Crippen LogP contribution in [0.5, 0.6) is 5.75 Å². The number of rotatable bonds is 5. The number of aliphatic hydroxyl groups is 1. The maximum Gasteiger partial charge on any atom is 0.123 e. The van der Waals surface area contributed by atoms with E-state index in [1.165, 1.54) is 11.1 Å². The number of methoxy groups -OCH3 is 1. The van der Waals surface area contributed by atoms with Crippen molar-refractivity contribution in [1.29, 1.82) is 0 Å². The van der Waals surface area contributed by atoms with E-state index in [9.17, 15) is 5.11 Å². The Labute approximate surface area is 124 Å². The van der Waals surface area contributed by atoms with Crippen molar-refractivity contribution in [3.05, 3.63) is 53.5 Å². The van der Waals surface area contributed by atoms with E-state index in [1.54, 1.807) is 13.4 Å². The van der Waals surface area contributed by atoms with Gasteiger partial charge in [-0.25, -0.2) is 0 Å². The Kier molecular flexibility index (Phi) is 4.27. The number of furan rings is 1. The predicted octanol–water partition coefficient (Wildman–Crippen LogP) is 2.47. The lowest BCUT2D eigenvalue weighted by atomic mass is 9.87. The van der Waals surface area contributed by atoms with Crippen molar-refractivity contribution in [3.63, 3.8) is 0 Å². The van der Waals surface area contributed by atoms with Crippen molar-refractivity contribution >= 4 is 0 Å².